The number of carbonyl (C=O) groups is 1. The molecule has 1 rings (SSSR count). The first-order chi connectivity index (χ1) is 9.93. The highest BCUT2D eigenvalue weighted by Crippen LogP contribution is 2.16. The van der Waals surface area contributed by atoms with Crippen LogP contribution in [0.15, 0.2) is 41.3 Å². The molecule has 0 N–H and O–H groups in total. The molecule has 6 heteroatoms. The number of carbonyl (C=O) groups excluding carboxylic acids is 1. The van der Waals surface area contributed by atoms with Crippen LogP contribution in [0.25, 0.3) is 0 Å². The van der Waals surface area contributed by atoms with Gasteiger partial charge in [-0.1, -0.05) is 35.8 Å². The molecule has 0 bridgehead atoms. The first-order valence-electron chi connectivity index (χ1n) is 6.20. The van der Waals surface area contributed by atoms with Crippen LogP contribution < -0.4 is 0 Å². The van der Waals surface area contributed by atoms with Crippen molar-refractivity contribution in [2.45, 2.75) is 18.7 Å². The second kappa shape index (κ2) is 7.87. The molecule has 0 aromatic heterocycles. The number of sulfonamides is 1. The minimum absolute atomic E-state index is 0.0543. The fourth-order valence-corrected chi connectivity index (χ4v) is 2.94. The molecule has 0 spiro atoms. The van der Waals surface area contributed by atoms with Crippen molar-refractivity contribution < 1.29 is 13.2 Å². The molecule has 112 valence electrons. The summed E-state index contributed by atoms with van der Waals surface area (Å²) in [5.74, 6) is 4.14. The van der Waals surface area contributed by atoms with Crippen LogP contribution in [0.2, 0.25) is 0 Å². The van der Waals surface area contributed by atoms with Gasteiger partial charge in [-0.05, 0) is 31.9 Å². The lowest BCUT2D eigenvalue weighted by Crippen LogP contribution is -2.36. The lowest BCUT2D eigenvalue weighted by molar-refractivity contribution is -0.120. The Morgan fingerprint density at radius 3 is 2.43 bits per heavy atom. The Balaban J connectivity index is 3.21. The number of amides is 1. The Morgan fingerprint density at radius 2 is 1.90 bits per heavy atom. The minimum atomic E-state index is -3.93. The van der Waals surface area contributed by atoms with Gasteiger partial charge in [-0.25, -0.2) is 12.7 Å². The van der Waals surface area contributed by atoms with Gasteiger partial charge in [0.2, 0.25) is 0 Å². The molecular formula is C15H16ClNO3S. The van der Waals surface area contributed by atoms with Gasteiger partial charge >= 0.3 is 5.91 Å². The molecule has 1 aromatic carbocycles. The maximum Gasteiger partial charge on any atom is 0.312 e. The van der Waals surface area contributed by atoms with Gasteiger partial charge in [-0.15, -0.1) is 11.6 Å². The molecule has 1 amide bonds. The number of halogens is 1. The fourth-order valence-electron chi connectivity index (χ4n) is 1.53. The van der Waals surface area contributed by atoms with Crippen molar-refractivity contribution in [3.05, 3.63) is 42.0 Å². The third kappa shape index (κ3) is 4.62. The van der Waals surface area contributed by atoms with E-state index in [9.17, 15) is 13.2 Å². The molecule has 0 saturated heterocycles. The van der Waals surface area contributed by atoms with E-state index in [1.165, 1.54) is 25.1 Å². The Hall–Kier alpha value is -1.77. The van der Waals surface area contributed by atoms with E-state index in [0.717, 1.165) is 9.87 Å². The fraction of sp³-hybridized carbons (Fsp3) is 0.267. The van der Waals surface area contributed by atoms with Gasteiger partial charge in [0.05, 0.1) is 11.4 Å². The molecule has 0 aliphatic carbocycles. The predicted octanol–water partition coefficient (Wildman–Crippen LogP) is 2.33. The Bertz CT molecular complexity index is 682. The largest absolute Gasteiger partial charge is 0.312 e. The van der Waals surface area contributed by atoms with Crippen LogP contribution in [0.4, 0.5) is 0 Å². The van der Waals surface area contributed by atoms with Crippen LogP contribution >= 0.6 is 11.6 Å². The summed E-state index contributed by atoms with van der Waals surface area (Å²) in [6.07, 6.45) is 3.10. The summed E-state index contributed by atoms with van der Waals surface area (Å²) in [4.78, 5) is 12.0. The zero-order valence-corrected chi connectivity index (χ0v) is 13.4. The highest BCUT2D eigenvalue weighted by atomic mass is 35.5. The van der Waals surface area contributed by atoms with Crippen LogP contribution in [-0.2, 0) is 14.8 Å². The van der Waals surface area contributed by atoms with Crippen LogP contribution in [0.5, 0.6) is 0 Å². The average Bonchev–Trinajstić information content (AvgIpc) is 2.44. The maximum absolute atomic E-state index is 12.5. The van der Waals surface area contributed by atoms with E-state index in [0.29, 0.717) is 0 Å². The van der Waals surface area contributed by atoms with Gasteiger partial charge in [0.25, 0.3) is 10.0 Å². The maximum atomic E-state index is 12.5. The van der Waals surface area contributed by atoms with Crippen LogP contribution in [0, 0.1) is 18.8 Å². The standard InChI is InChI=1S/C15H16ClNO3S/c1-3-6-15(18)17(12-5-4-11-16)21(19,20)14-9-7-13(2)8-10-14/h4-5,7-10H,11-12H2,1-2H3/b5-4+. The molecule has 0 aliphatic rings. The number of hydrogen-bond acceptors (Lipinski definition) is 3. The number of rotatable bonds is 5. The average molecular weight is 326 g/mol. The molecule has 0 heterocycles. The minimum Gasteiger partial charge on any atom is -0.258 e. The zero-order chi connectivity index (χ0) is 15.9. The Labute approximate surface area is 130 Å². The number of aryl methyl sites for hydroxylation is 1. The highest BCUT2D eigenvalue weighted by molar-refractivity contribution is 7.89. The molecule has 0 unspecified atom stereocenters. The van der Waals surface area contributed by atoms with E-state index in [2.05, 4.69) is 11.8 Å². The van der Waals surface area contributed by atoms with Gasteiger partial charge in [-0.2, -0.15) is 0 Å². The summed E-state index contributed by atoms with van der Waals surface area (Å²) in [6.45, 7) is 3.23. The van der Waals surface area contributed by atoms with Crippen LogP contribution in [0.1, 0.15) is 12.5 Å². The highest BCUT2D eigenvalue weighted by Gasteiger charge is 2.27. The summed E-state index contributed by atoms with van der Waals surface area (Å²) >= 11 is 5.51. The van der Waals surface area contributed by atoms with E-state index < -0.39 is 15.9 Å². The lowest BCUT2D eigenvalue weighted by Gasteiger charge is -2.18. The van der Waals surface area contributed by atoms with Crippen LogP contribution in [-0.4, -0.2) is 31.1 Å². The third-order valence-electron chi connectivity index (χ3n) is 2.59. The van der Waals surface area contributed by atoms with E-state index in [4.69, 9.17) is 11.6 Å². The van der Waals surface area contributed by atoms with Crippen molar-refractivity contribution in [3.63, 3.8) is 0 Å². The molecule has 0 atom stereocenters. The van der Waals surface area contributed by atoms with Crippen molar-refractivity contribution in [1.29, 1.82) is 0 Å². The van der Waals surface area contributed by atoms with Gasteiger partial charge in [0, 0.05) is 5.88 Å². The summed E-state index contributed by atoms with van der Waals surface area (Å²) < 4.78 is 25.8. The lowest BCUT2D eigenvalue weighted by atomic mass is 10.2. The van der Waals surface area contributed by atoms with Crippen molar-refractivity contribution in [2.24, 2.45) is 0 Å². The van der Waals surface area contributed by atoms with E-state index in [1.54, 1.807) is 18.2 Å². The quantitative estimate of drug-likeness (QED) is 0.474. The van der Waals surface area contributed by atoms with Crippen molar-refractivity contribution in [3.8, 4) is 11.8 Å². The van der Waals surface area contributed by atoms with Gasteiger partial charge < -0.3 is 0 Å². The second-order valence-corrected chi connectivity index (χ2v) is 6.33. The molecular weight excluding hydrogens is 310 g/mol. The van der Waals surface area contributed by atoms with Gasteiger partial charge in [0.1, 0.15) is 0 Å². The monoisotopic (exact) mass is 325 g/mol. The Morgan fingerprint density at radius 1 is 1.29 bits per heavy atom. The number of nitrogens with zero attached hydrogens (tertiary/aromatic N) is 1. The number of alkyl halides is 1. The zero-order valence-electron chi connectivity index (χ0n) is 11.8. The summed E-state index contributed by atoms with van der Waals surface area (Å²) in [5, 5.41) is 0. The van der Waals surface area contributed by atoms with Gasteiger partial charge in [0.15, 0.2) is 0 Å². The molecule has 0 radical (unpaired) electrons. The number of hydrogen-bond donors (Lipinski definition) is 0. The molecule has 0 fully saturated rings. The first kappa shape index (κ1) is 17.3. The smallest absolute Gasteiger partial charge is 0.258 e. The topological polar surface area (TPSA) is 54.5 Å². The second-order valence-electron chi connectivity index (χ2n) is 4.16. The van der Waals surface area contributed by atoms with Crippen molar-refractivity contribution in [1.82, 2.24) is 4.31 Å². The third-order valence-corrected chi connectivity index (χ3v) is 4.54. The van der Waals surface area contributed by atoms with E-state index in [1.807, 2.05) is 6.92 Å². The SMILES string of the molecule is CC#CC(=O)N(C/C=C/CCl)S(=O)(=O)c1ccc(C)cc1. The van der Waals surface area contributed by atoms with Crippen molar-refractivity contribution >= 4 is 27.5 Å². The number of benzene rings is 1. The molecule has 1 aromatic rings. The normalized spacial score (nSPS) is 11.0. The van der Waals surface area contributed by atoms with Crippen molar-refractivity contribution in [2.75, 3.05) is 12.4 Å². The summed E-state index contributed by atoms with van der Waals surface area (Å²) in [5.41, 5.74) is 0.933. The van der Waals surface area contributed by atoms with Crippen LogP contribution in [0.3, 0.4) is 0 Å². The van der Waals surface area contributed by atoms with E-state index >= 15 is 0 Å². The molecule has 4 nitrogen and oxygen atoms in total. The number of allylic oxidation sites excluding steroid dienone is 1. The summed E-state index contributed by atoms with van der Waals surface area (Å²) in [6, 6.07) is 6.29. The molecule has 0 aliphatic heterocycles. The van der Waals surface area contributed by atoms with Gasteiger partial charge in [-0.3, -0.25) is 4.79 Å². The van der Waals surface area contributed by atoms with E-state index in [-0.39, 0.29) is 17.3 Å². The molecule has 21 heavy (non-hydrogen) atoms. The first-order valence-corrected chi connectivity index (χ1v) is 8.18. The molecule has 0 saturated carbocycles. The predicted molar refractivity (Wildman–Crippen MR) is 83.4 cm³/mol. The summed E-state index contributed by atoms with van der Waals surface area (Å²) in [7, 11) is -3.93. The Kier molecular flexibility index (Phi) is 6.47.